The van der Waals surface area contributed by atoms with Gasteiger partial charge in [-0.2, -0.15) is 0 Å². The van der Waals surface area contributed by atoms with Gasteiger partial charge in [-0.3, -0.25) is 9.88 Å². The fourth-order valence-corrected chi connectivity index (χ4v) is 7.56. The molecule has 3 fully saturated rings. The normalized spacial score (nSPS) is 22.5. The topological polar surface area (TPSA) is 84.8 Å². The van der Waals surface area contributed by atoms with Crippen molar-refractivity contribution in [2.45, 2.75) is 50.2 Å². The van der Waals surface area contributed by atoms with Crippen LogP contribution in [-0.2, 0) is 4.74 Å². The summed E-state index contributed by atoms with van der Waals surface area (Å²) in [6.45, 7) is 3.67. The van der Waals surface area contributed by atoms with Crippen molar-refractivity contribution in [1.82, 2.24) is 29.7 Å². The largest absolute Gasteiger partial charge is 0.476 e. The van der Waals surface area contributed by atoms with Crippen LogP contribution in [0.1, 0.15) is 49.9 Å². The first kappa shape index (κ1) is 29.5. The lowest BCUT2D eigenvalue weighted by Crippen LogP contribution is -2.32. The maximum absolute atomic E-state index is 16.6. The van der Waals surface area contributed by atoms with Gasteiger partial charge in [0.2, 0.25) is 5.88 Å². The smallest absolute Gasteiger partial charge is 0.410 e. The average molecular weight is 642 g/mol. The minimum absolute atomic E-state index is 0.0758. The monoisotopic (exact) mass is 640 g/mol. The fraction of sp³-hybridized carbons (Fsp3) is 0.469. The molecule has 4 aromatic rings. The average Bonchev–Trinajstić information content (AvgIpc) is 3.84. The molecule has 0 saturated carbocycles. The Morgan fingerprint density at radius 3 is 2.75 bits per heavy atom. The Morgan fingerprint density at radius 1 is 1.16 bits per heavy atom. The van der Waals surface area contributed by atoms with Crippen LogP contribution >= 0.6 is 23.2 Å². The third-order valence-corrected chi connectivity index (χ3v) is 10.3. The third-order valence-electron chi connectivity index (χ3n) is 9.45. The second-order valence-electron chi connectivity index (χ2n) is 12.0. The molecule has 3 saturated heterocycles. The highest BCUT2D eigenvalue weighted by Gasteiger charge is 2.37. The van der Waals surface area contributed by atoms with Crippen molar-refractivity contribution in [3.8, 4) is 17.1 Å². The number of rotatable bonds is 6. The van der Waals surface area contributed by atoms with Crippen LogP contribution in [0, 0.1) is 5.82 Å². The van der Waals surface area contributed by atoms with Crippen LogP contribution in [0.2, 0.25) is 10.0 Å². The molecule has 1 N–H and O–H groups in total. The molecule has 0 radical (unpaired) electrons. The zero-order valence-corrected chi connectivity index (χ0v) is 26.3. The Balaban J connectivity index is 1.47. The molecule has 1 aromatic carbocycles. The number of carbonyl (C=O) groups excluding carboxylic acids is 1. The van der Waals surface area contributed by atoms with Gasteiger partial charge in [0.05, 0.1) is 34.1 Å². The Bertz CT molecular complexity index is 1740. The van der Waals surface area contributed by atoms with Crippen LogP contribution in [0.25, 0.3) is 33.1 Å². The van der Waals surface area contributed by atoms with Crippen molar-refractivity contribution in [3.05, 3.63) is 52.0 Å². The van der Waals surface area contributed by atoms with Gasteiger partial charge in [-0.25, -0.2) is 14.2 Å². The van der Waals surface area contributed by atoms with Gasteiger partial charge in [0.25, 0.3) is 0 Å². The van der Waals surface area contributed by atoms with E-state index in [1.54, 1.807) is 29.3 Å². The number of amides is 1. The number of hydrogen-bond acceptors (Lipinski definition) is 7. The number of likely N-dealkylation sites (N-methyl/N-ethyl adjacent to an activating group) is 1. The number of nitrogens with zero attached hydrogens (tertiary/aromatic N) is 5. The molecule has 3 aliphatic rings. The number of halogens is 3. The summed E-state index contributed by atoms with van der Waals surface area (Å²) in [5, 5.41) is 5.38. The first-order valence-electron chi connectivity index (χ1n) is 15.2. The molecule has 0 spiro atoms. The Morgan fingerprint density at radius 2 is 2.00 bits per heavy atom. The van der Waals surface area contributed by atoms with Crippen LogP contribution < -0.4 is 10.1 Å². The van der Waals surface area contributed by atoms with Gasteiger partial charge < -0.3 is 24.3 Å². The van der Waals surface area contributed by atoms with Gasteiger partial charge in [-0.15, -0.1) is 0 Å². The quantitative estimate of drug-likeness (QED) is 0.254. The molecule has 3 unspecified atom stereocenters. The van der Waals surface area contributed by atoms with E-state index in [4.69, 9.17) is 37.7 Å². The molecule has 12 heteroatoms. The van der Waals surface area contributed by atoms with Gasteiger partial charge >= 0.3 is 6.09 Å². The van der Waals surface area contributed by atoms with E-state index in [9.17, 15) is 4.79 Å². The summed E-state index contributed by atoms with van der Waals surface area (Å²) in [6.07, 6.45) is 6.00. The Hall–Kier alpha value is -3.18. The van der Waals surface area contributed by atoms with E-state index in [-0.39, 0.29) is 40.5 Å². The van der Waals surface area contributed by atoms with E-state index < -0.39 is 5.82 Å². The van der Waals surface area contributed by atoms with Crippen LogP contribution in [0.3, 0.4) is 0 Å². The number of likely N-dealkylation sites (tertiary alicyclic amines) is 2. The predicted molar refractivity (Wildman–Crippen MR) is 169 cm³/mol. The second kappa shape index (κ2) is 12.0. The molecule has 3 atom stereocenters. The number of pyridine rings is 2. The van der Waals surface area contributed by atoms with Crippen molar-refractivity contribution >= 4 is 51.1 Å². The lowest BCUT2D eigenvalue weighted by molar-refractivity contribution is 0.117. The lowest BCUT2D eigenvalue weighted by Gasteiger charge is -2.27. The van der Waals surface area contributed by atoms with Gasteiger partial charge in [0, 0.05) is 48.0 Å². The van der Waals surface area contributed by atoms with Gasteiger partial charge in [-0.05, 0) is 64.4 Å². The van der Waals surface area contributed by atoms with E-state index in [0.29, 0.717) is 35.0 Å². The van der Waals surface area contributed by atoms with E-state index in [1.165, 1.54) is 7.11 Å². The maximum Gasteiger partial charge on any atom is 0.410 e. The van der Waals surface area contributed by atoms with E-state index in [2.05, 4.69) is 32.9 Å². The number of fused-ring (bicyclic) bond motifs is 3. The van der Waals surface area contributed by atoms with Crippen LogP contribution in [0.4, 0.5) is 9.18 Å². The number of nitrogens with one attached hydrogen (secondary N) is 1. The summed E-state index contributed by atoms with van der Waals surface area (Å²) in [5.41, 5.74) is 2.40. The predicted octanol–water partition coefficient (Wildman–Crippen LogP) is 6.61. The van der Waals surface area contributed by atoms with Crippen LogP contribution in [0.15, 0.2) is 30.5 Å². The summed E-state index contributed by atoms with van der Waals surface area (Å²) < 4.78 is 30.5. The number of carbonyl (C=O) groups is 1. The summed E-state index contributed by atoms with van der Waals surface area (Å²) in [5.74, 6) is -0.220. The second-order valence-corrected chi connectivity index (χ2v) is 12.7. The molecule has 3 aliphatic heterocycles. The molecule has 44 heavy (non-hydrogen) atoms. The first-order valence-corrected chi connectivity index (χ1v) is 16.0. The van der Waals surface area contributed by atoms with E-state index >= 15 is 4.39 Å². The number of hydrogen-bond donors (Lipinski definition) is 1. The number of methoxy groups -OCH3 is 1. The number of aromatic nitrogens is 3. The summed E-state index contributed by atoms with van der Waals surface area (Å²) in [6, 6.07) is 7.30. The van der Waals surface area contributed by atoms with E-state index in [0.717, 1.165) is 68.3 Å². The number of benzene rings is 1. The highest BCUT2D eigenvalue weighted by atomic mass is 35.5. The molecule has 9 nitrogen and oxygen atoms in total. The SMILES string of the molecule is COC(=O)N1CCCC1c1cc2c(OCC3CCCN3C)nc3c(F)c(-c4cccc(Cl)c4Cl)ncc3c2n1C1CCNC1. The van der Waals surface area contributed by atoms with Crippen LogP contribution in [0.5, 0.6) is 5.88 Å². The molecule has 232 valence electrons. The molecular weight excluding hydrogens is 606 g/mol. The first-order chi connectivity index (χ1) is 21.4. The Kier molecular flexibility index (Phi) is 8.03. The van der Waals surface area contributed by atoms with Crippen molar-refractivity contribution in [2.24, 2.45) is 0 Å². The van der Waals surface area contributed by atoms with Crippen molar-refractivity contribution in [3.63, 3.8) is 0 Å². The molecule has 0 bridgehead atoms. The third kappa shape index (κ3) is 4.96. The minimum Gasteiger partial charge on any atom is -0.476 e. The molecular formula is C32H35Cl2FN6O3. The maximum atomic E-state index is 16.6. The molecule has 1 amide bonds. The van der Waals surface area contributed by atoms with Gasteiger partial charge in [-0.1, -0.05) is 35.3 Å². The fourth-order valence-electron chi connectivity index (χ4n) is 7.17. The van der Waals surface area contributed by atoms with Gasteiger partial charge in [0.15, 0.2) is 5.82 Å². The molecule has 3 aromatic heterocycles. The van der Waals surface area contributed by atoms with Crippen molar-refractivity contribution in [1.29, 1.82) is 0 Å². The summed E-state index contributed by atoms with van der Waals surface area (Å²) >= 11 is 12.8. The lowest BCUT2D eigenvalue weighted by atomic mass is 10.1. The molecule has 0 aliphatic carbocycles. The highest BCUT2D eigenvalue weighted by Crippen LogP contribution is 2.44. The zero-order valence-electron chi connectivity index (χ0n) is 24.8. The van der Waals surface area contributed by atoms with Crippen LogP contribution in [-0.4, -0.2) is 83.4 Å². The van der Waals surface area contributed by atoms with Gasteiger partial charge in [0.1, 0.15) is 17.8 Å². The van der Waals surface area contributed by atoms with Crippen molar-refractivity contribution < 1.29 is 18.7 Å². The zero-order chi connectivity index (χ0) is 30.5. The summed E-state index contributed by atoms with van der Waals surface area (Å²) in [7, 11) is 3.51. The van der Waals surface area contributed by atoms with E-state index in [1.807, 2.05) is 0 Å². The summed E-state index contributed by atoms with van der Waals surface area (Å²) in [4.78, 5) is 26.3. The Labute approximate surface area is 265 Å². The highest BCUT2D eigenvalue weighted by molar-refractivity contribution is 6.43. The number of ether oxygens (including phenoxy) is 2. The molecule has 6 heterocycles. The minimum atomic E-state index is -0.590. The molecule has 7 rings (SSSR count). The van der Waals surface area contributed by atoms with Crippen molar-refractivity contribution in [2.75, 3.05) is 46.9 Å². The standard InChI is InChI=1S/C32H35Cl2FN6O3/c1-39-12-4-6-19(39)17-44-31-21-14-25(24-9-5-13-40(24)32(42)43-2)41(18-10-11-36-15-18)30(21)22-16-37-28(27(35)29(22)38-31)20-7-3-8-23(33)26(20)34/h3,7-8,14,16,18-19,24,36H,4-6,9-13,15,17H2,1-2H3.